The number of halogens is 1. The maximum atomic E-state index is 13.4. The average molecular weight is 458 g/mol. The quantitative estimate of drug-likeness (QED) is 0.577. The topological polar surface area (TPSA) is 71.4 Å². The molecule has 0 saturated carbocycles. The SMILES string of the molecule is CC[C@@H](C(=O)NCc1cccc(F)c1)n1ccc2cc(S(=O)(=O)N3CCCCC3)ccc21. The molecule has 0 spiro atoms. The number of amides is 1. The Hall–Kier alpha value is -2.71. The monoisotopic (exact) mass is 457 g/mol. The lowest BCUT2D eigenvalue weighted by Gasteiger charge is -2.26. The van der Waals surface area contributed by atoms with Crippen LogP contribution in [0.2, 0.25) is 0 Å². The van der Waals surface area contributed by atoms with Gasteiger partial charge in [0.2, 0.25) is 15.9 Å². The van der Waals surface area contributed by atoms with E-state index >= 15 is 0 Å². The third-order valence-corrected chi connectivity index (χ3v) is 7.92. The lowest BCUT2D eigenvalue weighted by molar-refractivity contribution is -0.124. The molecule has 0 radical (unpaired) electrons. The Bertz CT molecular complexity index is 1220. The third kappa shape index (κ3) is 4.56. The molecule has 2 heterocycles. The molecule has 1 fully saturated rings. The van der Waals surface area contributed by atoms with E-state index in [1.807, 2.05) is 23.8 Å². The zero-order valence-electron chi connectivity index (χ0n) is 18.1. The molecule has 8 heteroatoms. The zero-order valence-corrected chi connectivity index (χ0v) is 18.9. The summed E-state index contributed by atoms with van der Waals surface area (Å²) in [6.07, 6.45) is 5.22. The van der Waals surface area contributed by atoms with E-state index in [1.54, 1.807) is 34.6 Å². The fourth-order valence-electron chi connectivity index (χ4n) is 4.29. The summed E-state index contributed by atoms with van der Waals surface area (Å²) in [5, 5.41) is 3.66. The van der Waals surface area contributed by atoms with Crippen molar-refractivity contribution in [1.82, 2.24) is 14.2 Å². The molecule has 1 saturated heterocycles. The number of nitrogens with one attached hydrogen (secondary N) is 1. The second kappa shape index (κ2) is 9.42. The molecule has 1 atom stereocenters. The van der Waals surface area contributed by atoms with Gasteiger partial charge in [-0.1, -0.05) is 25.5 Å². The van der Waals surface area contributed by atoms with Crippen molar-refractivity contribution < 1.29 is 17.6 Å². The van der Waals surface area contributed by atoms with E-state index in [-0.39, 0.29) is 23.2 Å². The predicted molar refractivity (Wildman–Crippen MR) is 122 cm³/mol. The third-order valence-electron chi connectivity index (χ3n) is 6.03. The molecule has 1 aliphatic heterocycles. The number of rotatable bonds is 7. The van der Waals surface area contributed by atoms with Gasteiger partial charge in [0.05, 0.1) is 4.90 Å². The summed E-state index contributed by atoms with van der Waals surface area (Å²) < 4.78 is 42.8. The minimum Gasteiger partial charge on any atom is -0.350 e. The van der Waals surface area contributed by atoms with Crippen molar-refractivity contribution in [2.45, 2.75) is 50.1 Å². The first kappa shape index (κ1) is 22.5. The van der Waals surface area contributed by atoms with Crippen LogP contribution < -0.4 is 5.32 Å². The Morgan fingerprint density at radius 3 is 2.59 bits per heavy atom. The van der Waals surface area contributed by atoms with Crippen molar-refractivity contribution >= 4 is 26.8 Å². The van der Waals surface area contributed by atoms with E-state index in [4.69, 9.17) is 0 Å². The molecule has 6 nitrogen and oxygen atoms in total. The van der Waals surface area contributed by atoms with Crippen LogP contribution in [0.3, 0.4) is 0 Å². The normalized spacial score (nSPS) is 16.2. The van der Waals surface area contributed by atoms with Gasteiger partial charge in [0.15, 0.2) is 0 Å². The number of piperidine rings is 1. The molecule has 0 unspecified atom stereocenters. The highest BCUT2D eigenvalue weighted by Gasteiger charge is 2.27. The van der Waals surface area contributed by atoms with Gasteiger partial charge in [0.25, 0.3) is 0 Å². The summed E-state index contributed by atoms with van der Waals surface area (Å²) in [4.78, 5) is 13.2. The molecule has 1 aliphatic rings. The summed E-state index contributed by atoms with van der Waals surface area (Å²) in [6, 6.07) is 12.6. The van der Waals surface area contributed by atoms with Crippen molar-refractivity contribution in [3.63, 3.8) is 0 Å². The zero-order chi connectivity index (χ0) is 22.7. The maximum Gasteiger partial charge on any atom is 0.243 e. The standard InChI is InChI=1S/C24H28FN3O3S/c1-2-22(24(29)26-17-18-7-6-8-20(25)15-18)28-14-11-19-16-21(9-10-23(19)28)32(30,31)27-12-4-3-5-13-27/h6-11,14-16,22H,2-5,12-13,17H2,1H3,(H,26,29)/t22-/m0/s1. The molecule has 1 aromatic heterocycles. The van der Waals surface area contributed by atoms with Gasteiger partial charge in [-0.05, 0) is 61.2 Å². The lowest BCUT2D eigenvalue weighted by Crippen LogP contribution is -2.35. The minimum atomic E-state index is -3.52. The highest BCUT2D eigenvalue weighted by atomic mass is 32.2. The summed E-state index contributed by atoms with van der Waals surface area (Å²) in [5.41, 5.74) is 1.49. The van der Waals surface area contributed by atoms with Crippen LogP contribution in [0.25, 0.3) is 10.9 Å². The van der Waals surface area contributed by atoms with E-state index in [2.05, 4.69) is 5.32 Å². The number of aromatic nitrogens is 1. The van der Waals surface area contributed by atoms with Crippen molar-refractivity contribution in [1.29, 1.82) is 0 Å². The Kier molecular flexibility index (Phi) is 6.62. The summed E-state index contributed by atoms with van der Waals surface area (Å²) >= 11 is 0. The molecule has 4 rings (SSSR count). The molecule has 32 heavy (non-hydrogen) atoms. The van der Waals surface area contributed by atoms with Crippen molar-refractivity contribution in [3.05, 3.63) is 66.1 Å². The fourth-order valence-corrected chi connectivity index (χ4v) is 5.84. The van der Waals surface area contributed by atoms with Crippen molar-refractivity contribution in [2.75, 3.05) is 13.1 Å². The van der Waals surface area contributed by atoms with Crippen LogP contribution in [-0.2, 0) is 21.4 Å². The number of hydrogen-bond acceptors (Lipinski definition) is 3. The summed E-state index contributed by atoms with van der Waals surface area (Å²) in [7, 11) is -3.52. The van der Waals surface area contributed by atoms with E-state index in [9.17, 15) is 17.6 Å². The van der Waals surface area contributed by atoms with Gasteiger partial charge >= 0.3 is 0 Å². The van der Waals surface area contributed by atoms with E-state index in [0.717, 1.165) is 30.2 Å². The van der Waals surface area contributed by atoms with Crippen LogP contribution in [0.5, 0.6) is 0 Å². The molecule has 2 aromatic carbocycles. The van der Waals surface area contributed by atoms with Gasteiger partial charge in [-0.2, -0.15) is 4.31 Å². The van der Waals surface area contributed by atoms with E-state index in [1.165, 1.54) is 12.1 Å². The number of carbonyl (C=O) groups is 1. The van der Waals surface area contributed by atoms with Crippen LogP contribution in [0.4, 0.5) is 4.39 Å². The number of fused-ring (bicyclic) bond motifs is 1. The average Bonchev–Trinajstić information content (AvgIpc) is 3.22. The second-order valence-electron chi connectivity index (χ2n) is 8.18. The highest BCUT2D eigenvalue weighted by Crippen LogP contribution is 2.27. The molecule has 1 amide bonds. The Labute approximate surface area is 188 Å². The lowest BCUT2D eigenvalue weighted by atomic mass is 10.1. The van der Waals surface area contributed by atoms with Crippen LogP contribution >= 0.6 is 0 Å². The molecule has 0 aliphatic carbocycles. The maximum absolute atomic E-state index is 13.4. The van der Waals surface area contributed by atoms with Gasteiger partial charge in [0.1, 0.15) is 11.9 Å². The van der Waals surface area contributed by atoms with Crippen molar-refractivity contribution in [2.24, 2.45) is 0 Å². The van der Waals surface area contributed by atoms with Gasteiger partial charge in [-0.15, -0.1) is 0 Å². The van der Waals surface area contributed by atoms with Gasteiger partial charge in [0, 0.05) is 36.7 Å². The Morgan fingerprint density at radius 1 is 1.09 bits per heavy atom. The Balaban J connectivity index is 1.54. The number of hydrogen-bond donors (Lipinski definition) is 1. The van der Waals surface area contributed by atoms with Crippen LogP contribution in [-0.4, -0.2) is 36.3 Å². The number of sulfonamides is 1. The van der Waals surface area contributed by atoms with Crippen LogP contribution in [0, 0.1) is 5.82 Å². The molecular weight excluding hydrogens is 429 g/mol. The molecule has 1 N–H and O–H groups in total. The van der Waals surface area contributed by atoms with E-state index < -0.39 is 16.1 Å². The summed E-state index contributed by atoms with van der Waals surface area (Å²) in [5.74, 6) is -0.505. The molecule has 3 aromatic rings. The van der Waals surface area contributed by atoms with Gasteiger partial charge in [-0.3, -0.25) is 4.79 Å². The first-order valence-electron chi connectivity index (χ1n) is 11.0. The van der Waals surface area contributed by atoms with Crippen molar-refractivity contribution in [3.8, 4) is 0 Å². The fraction of sp³-hybridized carbons (Fsp3) is 0.375. The molecule has 170 valence electrons. The number of carbonyl (C=O) groups excluding carboxylic acids is 1. The molecular formula is C24H28FN3O3S. The highest BCUT2D eigenvalue weighted by molar-refractivity contribution is 7.89. The molecule has 0 bridgehead atoms. The number of benzene rings is 2. The van der Waals surface area contributed by atoms with Crippen LogP contribution in [0.15, 0.2) is 59.6 Å². The first-order valence-corrected chi connectivity index (χ1v) is 12.5. The van der Waals surface area contributed by atoms with Gasteiger partial charge in [-0.25, -0.2) is 12.8 Å². The second-order valence-corrected chi connectivity index (χ2v) is 10.1. The van der Waals surface area contributed by atoms with Gasteiger partial charge < -0.3 is 9.88 Å². The smallest absolute Gasteiger partial charge is 0.243 e. The summed E-state index contributed by atoms with van der Waals surface area (Å²) in [6.45, 7) is 3.29. The van der Waals surface area contributed by atoms with Crippen LogP contribution in [0.1, 0.15) is 44.2 Å². The largest absolute Gasteiger partial charge is 0.350 e. The Morgan fingerprint density at radius 2 is 1.88 bits per heavy atom. The van der Waals surface area contributed by atoms with E-state index in [0.29, 0.717) is 25.1 Å². The number of nitrogens with zero attached hydrogens (tertiary/aromatic N) is 2. The minimum absolute atomic E-state index is 0.167. The predicted octanol–water partition coefficient (Wildman–Crippen LogP) is 4.22. The first-order chi connectivity index (χ1) is 15.4.